The fraction of sp³-hybridized carbons (Fsp3) is 0.0870. The van der Waals surface area contributed by atoms with Crippen molar-refractivity contribution in [1.82, 2.24) is 5.32 Å². The largest absolute Gasteiger partial charge is 0.497 e. The standard InChI is InChI=1S/C23H18FN3O3/c1-30-15-12-10-14(11-13-15)22(28)27-21-23(29)25-19-9-5-3-7-17(19)20(26-21)16-6-2-4-8-18(16)24/h2-13,21H,1H3,(H,25,29)(H,27,28)/t21-/m1/s1. The number of carbonyl (C=O) groups excluding carboxylic acids is 2. The zero-order valence-electron chi connectivity index (χ0n) is 16.1. The molecule has 1 atom stereocenters. The fourth-order valence-corrected chi connectivity index (χ4v) is 3.17. The lowest BCUT2D eigenvalue weighted by Crippen LogP contribution is -2.42. The van der Waals surface area contributed by atoms with Crippen molar-refractivity contribution in [3.63, 3.8) is 0 Å². The van der Waals surface area contributed by atoms with Gasteiger partial charge >= 0.3 is 0 Å². The SMILES string of the molecule is COc1ccc(C(=O)N[C@H]2N=C(c3ccccc3F)c3ccccc3NC2=O)cc1. The van der Waals surface area contributed by atoms with Crippen molar-refractivity contribution in [2.45, 2.75) is 6.17 Å². The molecule has 2 N–H and O–H groups in total. The molecule has 0 radical (unpaired) electrons. The van der Waals surface area contributed by atoms with Gasteiger partial charge in [-0.15, -0.1) is 0 Å². The van der Waals surface area contributed by atoms with Crippen LogP contribution in [0.25, 0.3) is 0 Å². The smallest absolute Gasteiger partial charge is 0.269 e. The zero-order valence-corrected chi connectivity index (χ0v) is 16.1. The monoisotopic (exact) mass is 403 g/mol. The number of halogens is 1. The van der Waals surface area contributed by atoms with E-state index in [-0.39, 0.29) is 11.3 Å². The number of nitrogens with one attached hydrogen (secondary N) is 2. The van der Waals surface area contributed by atoms with E-state index in [2.05, 4.69) is 15.6 Å². The highest BCUT2D eigenvalue weighted by Crippen LogP contribution is 2.25. The van der Waals surface area contributed by atoms with Gasteiger partial charge in [0.2, 0.25) is 6.17 Å². The molecule has 0 unspecified atom stereocenters. The minimum absolute atomic E-state index is 0.241. The van der Waals surface area contributed by atoms with Crippen LogP contribution in [-0.4, -0.2) is 30.8 Å². The number of hydrogen-bond acceptors (Lipinski definition) is 4. The van der Waals surface area contributed by atoms with Crippen LogP contribution in [0.15, 0.2) is 77.8 Å². The van der Waals surface area contributed by atoms with Gasteiger partial charge in [-0.3, -0.25) is 9.59 Å². The van der Waals surface area contributed by atoms with Gasteiger partial charge in [-0.2, -0.15) is 0 Å². The van der Waals surface area contributed by atoms with E-state index in [9.17, 15) is 14.0 Å². The van der Waals surface area contributed by atoms with Crippen LogP contribution in [-0.2, 0) is 4.79 Å². The van der Waals surface area contributed by atoms with E-state index in [1.54, 1.807) is 66.7 Å². The molecule has 150 valence electrons. The van der Waals surface area contributed by atoms with E-state index in [1.165, 1.54) is 13.2 Å². The Morgan fingerprint density at radius 2 is 1.67 bits per heavy atom. The Balaban J connectivity index is 1.72. The molecule has 0 saturated heterocycles. The molecular formula is C23H18FN3O3. The summed E-state index contributed by atoms with van der Waals surface area (Å²) in [7, 11) is 1.53. The molecule has 3 aromatic rings. The van der Waals surface area contributed by atoms with Crippen LogP contribution in [0.3, 0.4) is 0 Å². The van der Waals surface area contributed by atoms with E-state index in [0.29, 0.717) is 22.6 Å². The highest BCUT2D eigenvalue weighted by Gasteiger charge is 2.28. The lowest BCUT2D eigenvalue weighted by Gasteiger charge is -2.13. The van der Waals surface area contributed by atoms with Gasteiger partial charge in [0.25, 0.3) is 11.8 Å². The van der Waals surface area contributed by atoms with Gasteiger partial charge < -0.3 is 15.4 Å². The maximum Gasteiger partial charge on any atom is 0.269 e. The van der Waals surface area contributed by atoms with Crippen molar-refractivity contribution >= 4 is 23.2 Å². The molecule has 0 spiro atoms. The lowest BCUT2D eigenvalue weighted by molar-refractivity contribution is -0.117. The number of methoxy groups -OCH3 is 1. The quantitative estimate of drug-likeness (QED) is 0.701. The van der Waals surface area contributed by atoms with Crippen molar-refractivity contribution in [2.75, 3.05) is 12.4 Å². The third-order valence-corrected chi connectivity index (χ3v) is 4.70. The molecule has 0 saturated carbocycles. The lowest BCUT2D eigenvalue weighted by atomic mass is 10.0. The number of benzodiazepines with no additional fused rings is 1. The number of nitrogens with zero attached hydrogens (tertiary/aromatic N) is 1. The summed E-state index contributed by atoms with van der Waals surface area (Å²) in [6.07, 6.45) is -1.23. The molecule has 7 heteroatoms. The molecule has 3 aromatic carbocycles. The zero-order chi connectivity index (χ0) is 21.1. The molecule has 1 aliphatic rings. The predicted molar refractivity (Wildman–Crippen MR) is 111 cm³/mol. The number of aliphatic imine (C=N–C) groups is 1. The van der Waals surface area contributed by atoms with Crippen LogP contribution in [0.5, 0.6) is 5.75 Å². The van der Waals surface area contributed by atoms with Crippen molar-refractivity contribution in [3.05, 3.63) is 95.3 Å². The van der Waals surface area contributed by atoms with Gasteiger partial charge in [0.15, 0.2) is 0 Å². The Labute approximate surface area is 172 Å². The number of hydrogen-bond donors (Lipinski definition) is 2. The summed E-state index contributed by atoms with van der Waals surface area (Å²) in [5.74, 6) is -0.870. The summed E-state index contributed by atoms with van der Waals surface area (Å²) in [5, 5.41) is 5.37. The second-order valence-electron chi connectivity index (χ2n) is 6.60. The Morgan fingerprint density at radius 3 is 2.37 bits per heavy atom. The number of fused-ring (bicyclic) bond motifs is 1. The second-order valence-corrected chi connectivity index (χ2v) is 6.60. The molecule has 0 bridgehead atoms. The first-order valence-electron chi connectivity index (χ1n) is 9.24. The number of carbonyl (C=O) groups is 2. The summed E-state index contributed by atoms with van der Waals surface area (Å²) in [6.45, 7) is 0. The van der Waals surface area contributed by atoms with Crippen LogP contribution in [0.4, 0.5) is 10.1 Å². The molecular weight excluding hydrogens is 385 g/mol. The van der Waals surface area contributed by atoms with E-state index < -0.39 is 23.8 Å². The summed E-state index contributed by atoms with van der Waals surface area (Å²) < 4.78 is 19.6. The van der Waals surface area contributed by atoms with E-state index in [1.807, 2.05) is 0 Å². The van der Waals surface area contributed by atoms with Crippen molar-refractivity contribution in [2.24, 2.45) is 4.99 Å². The Morgan fingerprint density at radius 1 is 1.00 bits per heavy atom. The number of rotatable bonds is 4. The first-order chi connectivity index (χ1) is 14.6. The molecule has 30 heavy (non-hydrogen) atoms. The maximum absolute atomic E-state index is 14.5. The average Bonchev–Trinajstić information content (AvgIpc) is 2.90. The van der Waals surface area contributed by atoms with Crippen LogP contribution in [0.1, 0.15) is 21.5 Å². The Hall–Kier alpha value is -4.00. The van der Waals surface area contributed by atoms with Gasteiger partial charge in [0.05, 0.1) is 18.5 Å². The fourth-order valence-electron chi connectivity index (χ4n) is 3.17. The minimum atomic E-state index is -1.23. The number of para-hydroxylation sites is 1. The number of anilines is 1. The number of ether oxygens (including phenoxy) is 1. The third kappa shape index (κ3) is 3.77. The van der Waals surface area contributed by atoms with Gasteiger partial charge in [-0.1, -0.05) is 30.3 Å². The molecule has 0 aromatic heterocycles. The first-order valence-corrected chi connectivity index (χ1v) is 9.24. The van der Waals surface area contributed by atoms with Crippen molar-refractivity contribution in [1.29, 1.82) is 0 Å². The second kappa shape index (κ2) is 8.16. The molecule has 1 heterocycles. The molecule has 2 amide bonds. The van der Waals surface area contributed by atoms with Crippen LogP contribution in [0, 0.1) is 5.82 Å². The molecule has 0 fully saturated rings. The van der Waals surface area contributed by atoms with Crippen LogP contribution in [0.2, 0.25) is 0 Å². The summed E-state index contributed by atoms with van der Waals surface area (Å²) >= 11 is 0. The minimum Gasteiger partial charge on any atom is -0.497 e. The molecule has 0 aliphatic carbocycles. The highest BCUT2D eigenvalue weighted by atomic mass is 19.1. The average molecular weight is 403 g/mol. The summed E-state index contributed by atoms with van der Waals surface area (Å²) in [6, 6.07) is 19.6. The van der Waals surface area contributed by atoms with Gasteiger partial charge in [0.1, 0.15) is 11.6 Å². The molecule has 4 rings (SSSR count). The van der Waals surface area contributed by atoms with Crippen LogP contribution < -0.4 is 15.4 Å². The molecule has 1 aliphatic heterocycles. The van der Waals surface area contributed by atoms with E-state index >= 15 is 0 Å². The normalized spacial score (nSPS) is 15.3. The maximum atomic E-state index is 14.5. The topological polar surface area (TPSA) is 79.8 Å². The molecule has 6 nitrogen and oxygen atoms in total. The van der Waals surface area contributed by atoms with E-state index in [0.717, 1.165) is 0 Å². The van der Waals surface area contributed by atoms with Crippen molar-refractivity contribution in [3.8, 4) is 5.75 Å². The Bertz CT molecular complexity index is 1140. The first kappa shape index (κ1) is 19.3. The third-order valence-electron chi connectivity index (χ3n) is 4.70. The Kier molecular flexibility index (Phi) is 5.26. The van der Waals surface area contributed by atoms with Crippen molar-refractivity contribution < 1.29 is 18.7 Å². The van der Waals surface area contributed by atoms with Gasteiger partial charge in [-0.05, 0) is 42.5 Å². The van der Waals surface area contributed by atoms with E-state index in [4.69, 9.17) is 4.74 Å². The summed E-state index contributed by atoms with van der Waals surface area (Å²) in [4.78, 5) is 29.9. The highest BCUT2D eigenvalue weighted by molar-refractivity contribution is 6.20. The predicted octanol–water partition coefficient (Wildman–Crippen LogP) is 3.38. The van der Waals surface area contributed by atoms with Gasteiger partial charge in [0, 0.05) is 16.7 Å². The number of benzene rings is 3. The van der Waals surface area contributed by atoms with Gasteiger partial charge in [-0.25, -0.2) is 9.38 Å². The summed E-state index contributed by atoms with van der Waals surface area (Å²) in [5.41, 5.74) is 1.92. The number of amides is 2. The van der Waals surface area contributed by atoms with Crippen LogP contribution >= 0.6 is 0 Å².